The SMILES string of the molecule is FCCN1CC[CH]CC1. The maximum Gasteiger partial charge on any atom is 0.102 e. The number of nitrogens with zero attached hydrogens (tertiary/aromatic N) is 1. The smallest absolute Gasteiger partial charge is 0.102 e. The quantitative estimate of drug-likeness (QED) is 0.544. The van der Waals surface area contributed by atoms with E-state index < -0.39 is 0 Å². The molecule has 0 spiro atoms. The highest BCUT2D eigenvalue weighted by molar-refractivity contribution is 4.75. The Balaban J connectivity index is 2.08. The number of likely N-dealkylation sites (tertiary alicyclic amines) is 1. The van der Waals surface area contributed by atoms with Gasteiger partial charge in [0.05, 0.1) is 0 Å². The van der Waals surface area contributed by atoms with Crippen molar-refractivity contribution < 1.29 is 4.39 Å². The molecular formula is C7H13FN. The van der Waals surface area contributed by atoms with Gasteiger partial charge in [-0.25, -0.2) is 4.39 Å². The van der Waals surface area contributed by atoms with Crippen LogP contribution in [0.5, 0.6) is 0 Å². The Kier molecular flexibility index (Phi) is 2.98. The summed E-state index contributed by atoms with van der Waals surface area (Å²) in [6, 6.07) is 0. The van der Waals surface area contributed by atoms with Crippen LogP contribution in [0.1, 0.15) is 12.8 Å². The second-order valence-corrected chi connectivity index (χ2v) is 2.40. The van der Waals surface area contributed by atoms with E-state index >= 15 is 0 Å². The van der Waals surface area contributed by atoms with Gasteiger partial charge in [0.15, 0.2) is 0 Å². The van der Waals surface area contributed by atoms with Gasteiger partial charge in [0.2, 0.25) is 0 Å². The van der Waals surface area contributed by atoms with Crippen molar-refractivity contribution in [1.82, 2.24) is 4.90 Å². The number of rotatable bonds is 2. The first-order valence-corrected chi connectivity index (χ1v) is 3.53. The van der Waals surface area contributed by atoms with Gasteiger partial charge < -0.3 is 4.90 Å². The van der Waals surface area contributed by atoms with E-state index in [0.29, 0.717) is 6.54 Å². The monoisotopic (exact) mass is 130 g/mol. The second kappa shape index (κ2) is 3.83. The number of hydrogen-bond donors (Lipinski definition) is 0. The lowest BCUT2D eigenvalue weighted by molar-refractivity contribution is 0.232. The van der Waals surface area contributed by atoms with Gasteiger partial charge in [0.1, 0.15) is 6.67 Å². The van der Waals surface area contributed by atoms with E-state index in [1.54, 1.807) is 0 Å². The molecule has 0 saturated carbocycles. The molecule has 1 saturated heterocycles. The normalized spacial score (nSPS) is 22.3. The van der Waals surface area contributed by atoms with Gasteiger partial charge in [-0.3, -0.25) is 0 Å². The van der Waals surface area contributed by atoms with Crippen molar-refractivity contribution in [3.63, 3.8) is 0 Å². The summed E-state index contributed by atoms with van der Waals surface area (Å²) in [7, 11) is 0. The number of halogens is 1. The molecule has 1 rings (SSSR count). The molecule has 0 aliphatic carbocycles. The van der Waals surface area contributed by atoms with Crippen molar-refractivity contribution in [1.29, 1.82) is 0 Å². The fourth-order valence-electron chi connectivity index (χ4n) is 1.15. The van der Waals surface area contributed by atoms with Crippen molar-refractivity contribution in [2.24, 2.45) is 0 Å². The second-order valence-electron chi connectivity index (χ2n) is 2.40. The van der Waals surface area contributed by atoms with E-state index in [-0.39, 0.29) is 6.67 Å². The molecular weight excluding hydrogens is 117 g/mol. The van der Waals surface area contributed by atoms with Crippen LogP contribution < -0.4 is 0 Å². The first-order chi connectivity index (χ1) is 4.43. The predicted octanol–water partition coefficient (Wildman–Crippen LogP) is 1.26. The molecule has 0 amide bonds. The van der Waals surface area contributed by atoms with Gasteiger partial charge in [0, 0.05) is 6.54 Å². The molecule has 53 valence electrons. The molecule has 0 unspecified atom stereocenters. The molecule has 0 aromatic carbocycles. The van der Waals surface area contributed by atoms with Crippen molar-refractivity contribution in [3.8, 4) is 0 Å². The minimum Gasteiger partial charge on any atom is -0.301 e. The maximum absolute atomic E-state index is 11.7. The van der Waals surface area contributed by atoms with Crippen LogP contribution in [0.3, 0.4) is 0 Å². The van der Waals surface area contributed by atoms with E-state index in [1.165, 1.54) is 0 Å². The van der Waals surface area contributed by atoms with Crippen LogP contribution in [-0.2, 0) is 0 Å². The molecule has 1 fully saturated rings. The highest BCUT2D eigenvalue weighted by Gasteiger charge is 2.08. The molecule has 0 N–H and O–H groups in total. The third-order valence-electron chi connectivity index (χ3n) is 1.70. The molecule has 1 heterocycles. The molecule has 2 heteroatoms. The summed E-state index contributed by atoms with van der Waals surface area (Å²) in [4.78, 5) is 2.17. The molecule has 1 aliphatic heterocycles. The fraction of sp³-hybridized carbons (Fsp3) is 0.857. The van der Waals surface area contributed by atoms with Crippen molar-refractivity contribution in [2.45, 2.75) is 12.8 Å². The van der Waals surface area contributed by atoms with Crippen molar-refractivity contribution in [3.05, 3.63) is 6.42 Å². The van der Waals surface area contributed by atoms with Gasteiger partial charge in [-0.15, -0.1) is 0 Å². The lowest BCUT2D eigenvalue weighted by Crippen LogP contribution is -2.31. The van der Waals surface area contributed by atoms with Crippen LogP contribution in [-0.4, -0.2) is 31.2 Å². The first-order valence-electron chi connectivity index (χ1n) is 3.53. The Labute approximate surface area is 55.8 Å². The Hall–Kier alpha value is -0.110. The molecule has 0 aromatic heterocycles. The zero-order valence-corrected chi connectivity index (χ0v) is 5.65. The molecule has 1 nitrogen and oxygen atoms in total. The lowest BCUT2D eigenvalue weighted by Gasteiger charge is -2.24. The number of piperidine rings is 1. The van der Waals surface area contributed by atoms with Crippen LogP contribution in [0.15, 0.2) is 0 Å². The summed E-state index contributed by atoms with van der Waals surface area (Å²) in [5.41, 5.74) is 0. The summed E-state index contributed by atoms with van der Waals surface area (Å²) < 4.78 is 11.7. The zero-order chi connectivity index (χ0) is 6.53. The largest absolute Gasteiger partial charge is 0.301 e. The third-order valence-corrected chi connectivity index (χ3v) is 1.70. The third kappa shape index (κ3) is 2.31. The Morgan fingerprint density at radius 1 is 1.33 bits per heavy atom. The summed E-state index contributed by atoms with van der Waals surface area (Å²) >= 11 is 0. The van der Waals surface area contributed by atoms with Gasteiger partial charge >= 0.3 is 0 Å². The molecule has 0 aromatic rings. The Bertz CT molecular complexity index is 66.6. The Morgan fingerprint density at radius 3 is 2.56 bits per heavy atom. The average Bonchev–Trinajstić information content (AvgIpc) is 1.91. The van der Waals surface area contributed by atoms with Crippen LogP contribution in [0.2, 0.25) is 0 Å². The summed E-state index contributed by atoms with van der Waals surface area (Å²) in [6.45, 7) is 2.56. The highest BCUT2D eigenvalue weighted by atomic mass is 19.1. The number of hydrogen-bond acceptors (Lipinski definition) is 1. The van der Waals surface area contributed by atoms with Crippen molar-refractivity contribution >= 4 is 0 Å². The predicted molar refractivity (Wildman–Crippen MR) is 35.9 cm³/mol. The maximum atomic E-state index is 11.7. The van der Waals surface area contributed by atoms with Crippen LogP contribution >= 0.6 is 0 Å². The molecule has 9 heavy (non-hydrogen) atoms. The van der Waals surface area contributed by atoms with Gasteiger partial charge in [-0.05, 0) is 32.4 Å². The summed E-state index contributed by atoms with van der Waals surface area (Å²) in [6.07, 6.45) is 4.55. The van der Waals surface area contributed by atoms with E-state index in [0.717, 1.165) is 25.9 Å². The molecule has 1 radical (unpaired) electrons. The summed E-state index contributed by atoms with van der Waals surface area (Å²) in [5, 5.41) is 0. The van der Waals surface area contributed by atoms with E-state index in [1.807, 2.05) is 0 Å². The fourth-order valence-corrected chi connectivity index (χ4v) is 1.15. The van der Waals surface area contributed by atoms with E-state index in [2.05, 4.69) is 11.3 Å². The van der Waals surface area contributed by atoms with Gasteiger partial charge in [-0.2, -0.15) is 0 Å². The van der Waals surface area contributed by atoms with E-state index in [9.17, 15) is 4.39 Å². The van der Waals surface area contributed by atoms with Gasteiger partial charge in [0.25, 0.3) is 0 Å². The molecule has 0 atom stereocenters. The minimum atomic E-state index is -0.194. The minimum absolute atomic E-state index is 0.194. The van der Waals surface area contributed by atoms with Crippen LogP contribution in [0, 0.1) is 6.42 Å². The lowest BCUT2D eigenvalue weighted by atomic mass is 10.1. The molecule has 1 aliphatic rings. The van der Waals surface area contributed by atoms with Gasteiger partial charge in [-0.1, -0.05) is 0 Å². The van der Waals surface area contributed by atoms with E-state index in [4.69, 9.17) is 0 Å². The standard InChI is InChI=1S/C7H13FN/c8-4-7-9-5-2-1-3-6-9/h1H,2-7H2. The zero-order valence-electron chi connectivity index (χ0n) is 5.65. The Morgan fingerprint density at radius 2 is 2.00 bits per heavy atom. The topological polar surface area (TPSA) is 3.24 Å². The summed E-state index contributed by atoms with van der Waals surface area (Å²) in [5.74, 6) is 0. The molecule has 0 bridgehead atoms. The van der Waals surface area contributed by atoms with Crippen molar-refractivity contribution in [2.75, 3.05) is 26.3 Å². The number of alkyl halides is 1. The average molecular weight is 130 g/mol. The van der Waals surface area contributed by atoms with Crippen LogP contribution in [0.25, 0.3) is 0 Å². The van der Waals surface area contributed by atoms with Crippen LogP contribution in [0.4, 0.5) is 4.39 Å². The highest BCUT2D eigenvalue weighted by Crippen LogP contribution is 2.06. The first kappa shape index (κ1) is 7.00.